The quantitative estimate of drug-likeness (QED) is 0.224. The van der Waals surface area contributed by atoms with Crippen molar-refractivity contribution in [3.63, 3.8) is 0 Å². The Balaban J connectivity index is 1.14. The van der Waals surface area contributed by atoms with Crippen LogP contribution in [0.4, 0.5) is 0 Å². The van der Waals surface area contributed by atoms with Crippen molar-refractivity contribution in [1.82, 2.24) is 15.2 Å². The predicted octanol–water partition coefficient (Wildman–Crippen LogP) is 6.30. The molecule has 42 heavy (non-hydrogen) atoms. The Kier molecular flexibility index (Phi) is 8.70. The van der Waals surface area contributed by atoms with E-state index in [9.17, 15) is 9.59 Å². The molecule has 2 aromatic heterocycles. The van der Waals surface area contributed by atoms with Crippen LogP contribution in [0.15, 0.2) is 57.9 Å². The molecular formula is C34H39N3O5. The van der Waals surface area contributed by atoms with E-state index in [-0.39, 0.29) is 11.3 Å². The number of hydrogen-bond acceptors (Lipinski definition) is 7. The molecule has 4 aromatic rings. The summed E-state index contributed by atoms with van der Waals surface area (Å²) in [5, 5.41) is 4.12. The number of likely N-dealkylation sites (tertiary alicyclic amines) is 1. The molecule has 2 fully saturated rings. The Morgan fingerprint density at radius 3 is 2.60 bits per heavy atom. The van der Waals surface area contributed by atoms with Gasteiger partial charge in [0.2, 0.25) is 11.3 Å². The van der Waals surface area contributed by atoms with Crippen LogP contribution in [0.2, 0.25) is 0 Å². The largest absolute Gasteiger partial charge is 0.488 e. The lowest BCUT2D eigenvalue weighted by Crippen LogP contribution is -2.33. The average molecular weight is 570 g/mol. The predicted molar refractivity (Wildman–Crippen MR) is 164 cm³/mol. The van der Waals surface area contributed by atoms with Crippen LogP contribution in [-0.4, -0.2) is 48.1 Å². The fourth-order valence-electron chi connectivity index (χ4n) is 6.05. The Labute approximate surface area is 246 Å². The first-order valence-electron chi connectivity index (χ1n) is 15.3. The summed E-state index contributed by atoms with van der Waals surface area (Å²) in [6, 6.07) is 13.1. The Morgan fingerprint density at radius 1 is 1.00 bits per heavy atom. The number of rotatable bonds is 10. The molecular weight excluding hydrogens is 530 g/mol. The molecule has 220 valence electrons. The zero-order chi connectivity index (χ0) is 28.9. The van der Waals surface area contributed by atoms with Gasteiger partial charge in [-0.3, -0.25) is 19.5 Å². The van der Waals surface area contributed by atoms with E-state index >= 15 is 0 Å². The van der Waals surface area contributed by atoms with Gasteiger partial charge < -0.3 is 19.2 Å². The van der Waals surface area contributed by atoms with E-state index in [0.717, 1.165) is 43.7 Å². The van der Waals surface area contributed by atoms with Crippen molar-refractivity contribution in [3.05, 3.63) is 70.1 Å². The number of nitrogens with one attached hydrogen (secondary N) is 1. The second kappa shape index (κ2) is 12.9. The molecule has 0 unspecified atom stereocenters. The lowest BCUT2D eigenvalue weighted by molar-refractivity contribution is -0.121. The SMILES string of the molecule is Cc1cc(OCCN2CCCCC2)c2oc3cc(Oc4ccc(CCC(=O)NC5CCCC5)nc4)ccc3c(=O)c2c1. The summed E-state index contributed by atoms with van der Waals surface area (Å²) in [4.78, 5) is 32.6. The number of aryl methyl sites for hydroxylation is 2. The molecule has 1 amide bonds. The van der Waals surface area contributed by atoms with Crippen LogP contribution in [0.5, 0.6) is 17.2 Å². The lowest BCUT2D eigenvalue weighted by atomic mass is 10.1. The summed E-state index contributed by atoms with van der Waals surface area (Å²) in [7, 11) is 0. The van der Waals surface area contributed by atoms with Crippen molar-refractivity contribution < 1.29 is 18.7 Å². The van der Waals surface area contributed by atoms with Gasteiger partial charge >= 0.3 is 0 Å². The molecule has 0 bridgehead atoms. The summed E-state index contributed by atoms with van der Waals surface area (Å²) < 4.78 is 18.5. The zero-order valence-corrected chi connectivity index (χ0v) is 24.3. The second-order valence-corrected chi connectivity index (χ2v) is 11.6. The minimum Gasteiger partial charge on any atom is -0.488 e. The van der Waals surface area contributed by atoms with Crippen LogP contribution in [0.1, 0.15) is 62.6 Å². The van der Waals surface area contributed by atoms with Gasteiger partial charge in [-0.15, -0.1) is 0 Å². The van der Waals surface area contributed by atoms with Crippen LogP contribution >= 0.6 is 0 Å². The van der Waals surface area contributed by atoms with Crippen molar-refractivity contribution in [2.45, 2.75) is 70.8 Å². The first-order chi connectivity index (χ1) is 20.5. The van der Waals surface area contributed by atoms with Crippen molar-refractivity contribution in [1.29, 1.82) is 0 Å². The highest BCUT2D eigenvalue weighted by Crippen LogP contribution is 2.31. The summed E-state index contributed by atoms with van der Waals surface area (Å²) in [6.07, 6.45) is 11.0. The number of nitrogens with zero attached hydrogens (tertiary/aromatic N) is 2. The van der Waals surface area contributed by atoms with Gasteiger partial charge in [0.15, 0.2) is 11.3 Å². The smallest absolute Gasteiger partial charge is 0.220 e. The highest BCUT2D eigenvalue weighted by atomic mass is 16.5. The number of hydrogen-bond donors (Lipinski definition) is 1. The maximum Gasteiger partial charge on any atom is 0.220 e. The number of aromatic nitrogens is 1. The van der Waals surface area contributed by atoms with E-state index in [0.29, 0.717) is 64.7 Å². The first kappa shape index (κ1) is 28.2. The van der Waals surface area contributed by atoms with Gasteiger partial charge in [0, 0.05) is 30.8 Å². The maximum absolute atomic E-state index is 13.4. The van der Waals surface area contributed by atoms with E-state index in [2.05, 4.69) is 15.2 Å². The molecule has 1 N–H and O–H groups in total. The third-order valence-electron chi connectivity index (χ3n) is 8.33. The minimum atomic E-state index is -0.0923. The maximum atomic E-state index is 13.4. The lowest BCUT2D eigenvalue weighted by Gasteiger charge is -2.26. The van der Waals surface area contributed by atoms with Gasteiger partial charge in [0.25, 0.3) is 0 Å². The number of amides is 1. The third kappa shape index (κ3) is 6.76. The van der Waals surface area contributed by atoms with Crippen molar-refractivity contribution in [2.75, 3.05) is 26.2 Å². The van der Waals surface area contributed by atoms with Crippen LogP contribution in [0, 0.1) is 6.92 Å². The number of piperidine rings is 1. The van der Waals surface area contributed by atoms with Crippen molar-refractivity contribution >= 4 is 27.8 Å². The fourth-order valence-corrected chi connectivity index (χ4v) is 6.05. The molecule has 8 heteroatoms. The number of fused-ring (bicyclic) bond motifs is 2. The minimum absolute atomic E-state index is 0.0833. The van der Waals surface area contributed by atoms with Crippen LogP contribution < -0.4 is 20.2 Å². The Bertz CT molecular complexity index is 1600. The highest BCUT2D eigenvalue weighted by Gasteiger charge is 2.18. The summed E-state index contributed by atoms with van der Waals surface area (Å²) in [5.74, 6) is 1.77. The normalized spacial score (nSPS) is 16.2. The van der Waals surface area contributed by atoms with Gasteiger partial charge in [-0.1, -0.05) is 19.3 Å². The van der Waals surface area contributed by atoms with E-state index < -0.39 is 0 Å². The third-order valence-corrected chi connectivity index (χ3v) is 8.33. The van der Waals surface area contributed by atoms with E-state index in [1.165, 1.54) is 32.1 Å². The van der Waals surface area contributed by atoms with Gasteiger partial charge in [-0.2, -0.15) is 0 Å². The van der Waals surface area contributed by atoms with Crippen molar-refractivity contribution in [3.8, 4) is 17.2 Å². The molecule has 8 nitrogen and oxygen atoms in total. The van der Waals surface area contributed by atoms with Gasteiger partial charge in [-0.25, -0.2) is 0 Å². The first-order valence-corrected chi connectivity index (χ1v) is 15.3. The zero-order valence-electron chi connectivity index (χ0n) is 24.3. The molecule has 6 rings (SSSR count). The number of ether oxygens (including phenoxy) is 2. The molecule has 1 saturated carbocycles. The summed E-state index contributed by atoms with van der Waals surface area (Å²) >= 11 is 0. The molecule has 3 heterocycles. The number of pyridine rings is 1. The van der Waals surface area contributed by atoms with Crippen LogP contribution in [0.25, 0.3) is 21.9 Å². The average Bonchev–Trinajstić information content (AvgIpc) is 3.51. The molecule has 2 aliphatic rings. The Hall–Kier alpha value is -3.91. The fraction of sp³-hybridized carbons (Fsp3) is 0.441. The van der Waals surface area contributed by atoms with Gasteiger partial charge in [-0.05, 0) is 94.1 Å². The molecule has 0 radical (unpaired) electrons. The van der Waals surface area contributed by atoms with E-state index in [1.54, 1.807) is 24.4 Å². The van der Waals surface area contributed by atoms with E-state index in [1.807, 2.05) is 31.2 Å². The number of carbonyl (C=O) groups is 1. The highest BCUT2D eigenvalue weighted by molar-refractivity contribution is 5.93. The number of benzene rings is 2. The monoisotopic (exact) mass is 569 g/mol. The van der Waals surface area contributed by atoms with Gasteiger partial charge in [0.05, 0.1) is 17.0 Å². The van der Waals surface area contributed by atoms with Crippen LogP contribution in [0.3, 0.4) is 0 Å². The molecule has 2 aromatic carbocycles. The van der Waals surface area contributed by atoms with Crippen LogP contribution in [-0.2, 0) is 11.2 Å². The molecule has 1 aliphatic heterocycles. The molecule has 0 atom stereocenters. The standard InChI is InChI=1S/C34H39N3O5/c1-23-19-29-33(39)28-13-12-26(21-30(28)42-34(29)31(20-23)40-18-17-37-15-5-2-6-16-37)41-27-11-9-24(35-22-27)10-14-32(38)36-25-7-3-4-8-25/h9,11-13,19-22,25H,2-8,10,14-18H2,1H3,(H,36,38). The van der Waals surface area contributed by atoms with Crippen molar-refractivity contribution in [2.24, 2.45) is 0 Å². The molecule has 1 aliphatic carbocycles. The number of carbonyl (C=O) groups excluding carboxylic acids is 1. The Morgan fingerprint density at radius 2 is 1.81 bits per heavy atom. The summed E-state index contributed by atoms with van der Waals surface area (Å²) in [6.45, 7) is 5.57. The topological polar surface area (TPSA) is 93.9 Å². The molecule has 0 spiro atoms. The summed E-state index contributed by atoms with van der Waals surface area (Å²) in [5.41, 5.74) is 2.59. The van der Waals surface area contributed by atoms with E-state index in [4.69, 9.17) is 13.9 Å². The van der Waals surface area contributed by atoms with Gasteiger partial charge in [0.1, 0.15) is 23.7 Å². The molecule has 1 saturated heterocycles. The second-order valence-electron chi connectivity index (χ2n) is 11.6.